The predicted octanol–water partition coefficient (Wildman–Crippen LogP) is 1.37. The van der Waals surface area contributed by atoms with Crippen LogP contribution in [0, 0.1) is 11.3 Å². The minimum Gasteiger partial charge on any atom is -0.378 e. The fourth-order valence-corrected chi connectivity index (χ4v) is 2.75. The SMILES string of the molecule is CC1(C)CCCC(C2COCCN2)C1=O. The number of ether oxygens (including phenoxy) is 1. The van der Waals surface area contributed by atoms with Crippen molar-refractivity contribution in [1.82, 2.24) is 5.32 Å². The van der Waals surface area contributed by atoms with E-state index in [1.54, 1.807) is 0 Å². The molecule has 2 unspecified atom stereocenters. The summed E-state index contributed by atoms with van der Waals surface area (Å²) in [6.45, 7) is 6.51. The lowest BCUT2D eigenvalue weighted by atomic mass is 9.69. The van der Waals surface area contributed by atoms with Crippen LogP contribution >= 0.6 is 0 Å². The second-order valence-electron chi connectivity index (χ2n) is 5.38. The predicted molar refractivity (Wildman–Crippen MR) is 58.7 cm³/mol. The second-order valence-corrected chi connectivity index (χ2v) is 5.38. The zero-order valence-corrected chi connectivity index (χ0v) is 9.71. The van der Waals surface area contributed by atoms with Gasteiger partial charge < -0.3 is 10.1 Å². The summed E-state index contributed by atoms with van der Waals surface area (Å²) in [5.41, 5.74) is -0.123. The van der Waals surface area contributed by atoms with Crippen LogP contribution in [0.15, 0.2) is 0 Å². The summed E-state index contributed by atoms with van der Waals surface area (Å²) in [5, 5.41) is 3.41. The van der Waals surface area contributed by atoms with Crippen LogP contribution < -0.4 is 5.32 Å². The molecule has 2 atom stereocenters. The molecule has 3 heteroatoms. The first kappa shape index (κ1) is 11.1. The number of carbonyl (C=O) groups is 1. The molecule has 2 aliphatic rings. The van der Waals surface area contributed by atoms with Gasteiger partial charge in [0.1, 0.15) is 5.78 Å². The quantitative estimate of drug-likeness (QED) is 0.712. The molecule has 15 heavy (non-hydrogen) atoms. The van der Waals surface area contributed by atoms with E-state index in [1.165, 1.54) is 6.42 Å². The minimum atomic E-state index is -0.123. The van der Waals surface area contributed by atoms with E-state index in [0.717, 1.165) is 26.0 Å². The molecule has 2 rings (SSSR count). The van der Waals surface area contributed by atoms with Gasteiger partial charge in [-0.15, -0.1) is 0 Å². The molecule has 3 nitrogen and oxygen atoms in total. The average Bonchev–Trinajstić information content (AvgIpc) is 2.23. The maximum Gasteiger partial charge on any atom is 0.143 e. The Morgan fingerprint density at radius 3 is 2.93 bits per heavy atom. The number of carbonyl (C=O) groups excluding carboxylic acids is 1. The Kier molecular flexibility index (Phi) is 3.12. The van der Waals surface area contributed by atoms with Crippen LogP contribution in [0.2, 0.25) is 0 Å². The number of ketones is 1. The summed E-state index contributed by atoms with van der Waals surface area (Å²) in [6, 6.07) is 0.255. The highest BCUT2D eigenvalue weighted by Gasteiger charge is 2.41. The maximum absolute atomic E-state index is 12.3. The van der Waals surface area contributed by atoms with Crippen molar-refractivity contribution in [2.24, 2.45) is 11.3 Å². The molecular formula is C12H21NO2. The third-order valence-electron chi connectivity index (χ3n) is 3.76. The second kappa shape index (κ2) is 4.22. The van der Waals surface area contributed by atoms with E-state index in [2.05, 4.69) is 19.2 Å². The largest absolute Gasteiger partial charge is 0.378 e. The monoisotopic (exact) mass is 211 g/mol. The molecule has 1 saturated heterocycles. The van der Waals surface area contributed by atoms with E-state index in [4.69, 9.17) is 4.74 Å². The summed E-state index contributed by atoms with van der Waals surface area (Å²) in [5.74, 6) is 0.603. The van der Waals surface area contributed by atoms with Gasteiger partial charge in [-0.3, -0.25) is 4.79 Å². The molecule has 86 valence electrons. The Morgan fingerprint density at radius 1 is 1.47 bits per heavy atom. The molecule has 0 bridgehead atoms. The van der Waals surface area contributed by atoms with Crippen LogP contribution in [0.3, 0.4) is 0 Å². The summed E-state index contributed by atoms with van der Waals surface area (Å²) >= 11 is 0. The molecule has 0 aromatic rings. The Balaban J connectivity index is 2.04. The Morgan fingerprint density at radius 2 is 2.27 bits per heavy atom. The van der Waals surface area contributed by atoms with E-state index < -0.39 is 0 Å². The fraction of sp³-hybridized carbons (Fsp3) is 0.917. The standard InChI is InChI=1S/C12H21NO2/c1-12(2)5-3-4-9(11(12)14)10-8-15-7-6-13-10/h9-10,13H,3-8H2,1-2H3. The molecule has 0 aromatic carbocycles. The Bertz CT molecular complexity index is 244. The molecule has 0 spiro atoms. The van der Waals surface area contributed by atoms with E-state index >= 15 is 0 Å². The van der Waals surface area contributed by atoms with E-state index in [0.29, 0.717) is 12.4 Å². The van der Waals surface area contributed by atoms with Gasteiger partial charge in [-0.2, -0.15) is 0 Å². The normalized spacial score (nSPS) is 36.5. The molecule has 1 heterocycles. The van der Waals surface area contributed by atoms with Gasteiger partial charge >= 0.3 is 0 Å². The summed E-state index contributed by atoms with van der Waals surface area (Å²) in [7, 11) is 0. The first-order valence-corrected chi connectivity index (χ1v) is 5.97. The third-order valence-corrected chi connectivity index (χ3v) is 3.76. The lowest BCUT2D eigenvalue weighted by Crippen LogP contribution is -2.52. The highest BCUT2D eigenvalue weighted by atomic mass is 16.5. The van der Waals surface area contributed by atoms with E-state index in [1.807, 2.05) is 0 Å². The van der Waals surface area contributed by atoms with Crippen LogP contribution in [0.1, 0.15) is 33.1 Å². The maximum atomic E-state index is 12.3. The first-order valence-electron chi connectivity index (χ1n) is 5.97. The molecule has 1 aliphatic heterocycles. The highest BCUT2D eigenvalue weighted by molar-refractivity contribution is 5.87. The zero-order valence-electron chi connectivity index (χ0n) is 9.71. The zero-order chi connectivity index (χ0) is 10.9. The van der Waals surface area contributed by atoms with E-state index in [9.17, 15) is 4.79 Å². The Hall–Kier alpha value is -0.410. The molecule has 1 saturated carbocycles. The van der Waals surface area contributed by atoms with Gasteiger partial charge in [-0.1, -0.05) is 20.3 Å². The van der Waals surface area contributed by atoms with Crippen molar-refractivity contribution in [2.75, 3.05) is 19.8 Å². The molecule has 0 aromatic heterocycles. The van der Waals surface area contributed by atoms with Gasteiger partial charge in [0, 0.05) is 23.9 Å². The number of morpholine rings is 1. The van der Waals surface area contributed by atoms with Crippen LogP contribution in [0.25, 0.3) is 0 Å². The smallest absolute Gasteiger partial charge is 0.143 e. The third kappa shape index (κ3) is 2.23. The van der Waals surface area contributed by atoms with Crippen molar-refractivity contribution in [3.63, 3.8) is 0 Å². The fourth-order valence-electron chi connectivity index (χ4n) is 2.75. The number of rotatable bonds is 1. The van der Waals surface area contributed by atoms with Gasteiger partial charge in [-0.25, -0.2) is 0 Å². The van der Waals surface area contributed by atoms with Crippen molar-refractivity contribution in [2.45, 2.75) is 39.2 Å². The minimum absolute atomic E-state index is 0.123. The average molecular weight is 211 g/mol. The first-order chi connectivity index (χ1) is 7.11. The molecule has 1 N–H and O–H groups in total. The van der Waals surface area contributed by atoms with Crippen LogP contribution in [-0.4, -0.2) is 31.6 Å². The number of hydrogen-bond acceptors (Lipinski definition) is 3. The number of hydrogen-bond donors (Lipinski definition) is 1. The molecule has 1 aliphatic carbocycles. The van der Waals surface area contributed by atoms with Gasteiger partial charge in [0.2, 0.25) is 0 Å². The van der Waals surface area contributed by atoms with Crippen molar-refractivity contribution in [1.29, 1.82) is 0 Å². The number of nitrogens with one attached hydrogen (secondary N) is 1. The van der Waals surface area contributed by atoms with Crippen LogP contribution in [0.4, 0.5) is 0 Å². The van der Waals surface area contributed by atoms with Gasteiger partial charge in [0.05, 0.1) is 13.2 Å². The van der Waals surface area contributed by atoms with E-state index in [-0.39, 0.29) is 17.4 Å². The van der Waals surface area contributed by atoms with Crippen molar-refractivity contribution < 1.29 is 9.53 Å². The summed E-state index contributed by atoms with van der Waals surface area (Å²) in [6.07, 6.45) is 3.24. The van der Waals surface area contributed by atoms with Crippen molar-refractivity contribution in [3.8, 4) is 0 Å². The van der Waals surface area contributed by atoms with Gasteiger partial charge in [0.25, 0.3) is 0 Å². The molecular weight excluding hydrogens is 190 g/mol. The Labute approximate surface area is 91.6 Å². The highest BCUT2D eigenvalue weighted by Crippen LogP contribution is 2.37. The lowest BCUT2D eigenvalue weighted by molar-refractivity contribution is -0.136. The molecule has 0 amide bonds. The van der Waals surface area contributed by atoms with Crippen LogP contribution in [-0.2, 0) is 9.53 Å². The van der Waals surface area contributed by atoms with Gasteiger partial charge in [-0.05, 0) is 12.8 Å². The summed E-state index contributed by atoms with van der Waals surface area (Å²) in [4.78, 5) is 12.3. The van der Waals surface area contributed by atoms with Crippen molar-refractivity contribution >= 4 is 5.78 Å². The van der Waals surface area contributed by atoms with Crippen molar-refractivity contribution in [3.05, 3.63) is 0 Å². The molecule has 0 radical (unpaired) electrons. The van der Waals surface area contributed by atoms with Gasteiger partial charge in [0.15, 0.2) is 0 Å². The molecule has 2 fully saturated rings. The lowest BCUT2D eigenvalue weighted by Gasteiger charge is -2.39. The summed E-state index contributed by atoms with van der Waals surface area (Å²) < 4.78 is 5.44. The topological polar surface area (TPSA) is 38.3 Å². The number of Topliss-reactive ketones (excluding diaryl/α,β-unsaturated/α-hetero) is 1. The van der Waals surface area contributed by atoms with Crippen LogP contribution in [0.5, 0.6) is 0 Å².